The topological polar surface area (TPSA) is 84.2 Å². The molecule has 3 heterocycles. The minimum absolute atomic E-state index is 0.113. The van der Waals surface area contributed by atoms with Gasteiger partial charge in [0.15, 0.2) is 0 Å². The Morgan fingerprint density at radius 2 is 2.08 bits per heavy atom. The fraction of sp³-hybridized carbons (Fsp3) is 0.211. The van der Waals surface area contributed by atoms with Gasteiger partial charge in [0.05, 0.1) is 11.4 Å². The summed E-state index contributed by atoms with van der Waals surface area (Å²) in [6.45, 7) is 1.91. The number of hydrogen-bond donors (Lipinski definition) is 2. The Kier molecular flexibility index (Phi) is 3.88. The number of aromatic nitrogens is 2. The monoisotopic (exact) mass is 367 g/mol. The Balaban J connectivity index is 1.96. The van der Waals surface area contributed by atoms with Gasteiger partial charge in [-0.25, -0.2) is 4.79 Å². The van der Waals surface area contributed by atoms with E-state index in [2.05, 4.69) is 10.4 Å². The SMILES string of the molecule is Cc1nn(C)cc1[C@H]1CC(=O)Nc2c1sc(C(=O)O)c2-c1ccccc1. The molecular weight excluding hydrogens is 350 g/mol. The average molecular weight is 367 g/mol. The molecule has 0 saturated heterocycles. The average Bonchev–Trinajstić information content (AvgIpc) is 3.14. The molecule has 0 saturated carbocycles. The Bertz CT molecular complexity index is 1020. The first-order valence-electron chi connectivity index (χ1n) is 8.21. The number of rotatable bonds is 3. The van der Waals surface area contributed by atoms with Gasteiger partial charge in [-0.3, -0.25) is 9.48 Å². The predicted molar refractivity (Wildman–Crippen MR) is 99.7 cm³/mol. The summed E-state index contributed by atoms with van der Waals surface area (Å²) in [7, 11) is 1.84. The van der Waals surface area contributed by atoms with E-state index < -0.39 is 5.97 Å². The second-order valence-corrected chi connectivity index (χ2v) is 7.42. The minimum atomic E-state index is -0.987. The van der Waals surface area contributed by atoms with Crippen molar-refractivity contribution < 1.29 is 14.7 Å². The minimum Gasteiger partial charge on any atom is -0.477 e. The number of fused-ring (bicyclic) bond motifs is 1. The molecule has 3 aromatic rings. The summed E-state index contributed by atoms with van der Waals surface area (Å²) >= 11 is 1.24. The molecule has 1 amide bonds. The maximum Gasteiger partial charge on any atom is 0.346 e. The second-order valence-electron chi connectivity index (χ2n) is 6.37. The van der Waals surface area contributed by atoms with Gasteiger partial charge in [0.25, 0.3) is 0 Å². The zero-order valence-corrected chi connectivity index (χ0v) is 15.1. The fourth-order valence-electron chi connectivity index (χ4n) is 3.53. The maximum absolute atomic E-state index is 12.4. The van der Waals surface area contributed by atoms with Gasteiger partial charge in [-0.2, -0.15) is 5.10 Å². The highest BCUT2D eigenvalue weighted by Crippen LogP contribution is 2.49. The smallest absolute Gasteiger partial charge is 0.346 e. The lowest BCUT2D eigenvalue weighted by molar-refractivity contribution is -0.116. The first-order chi connectivity index (χ1) is 12.5. The van der Waals surface area contributed by atoms with Crippen LogP contribution in [-0.4, -0.2) is 26.8 Å². The molecule has 6 nitrogen and oxygen atoms in total. The van der Waals surface area contributed by atoms with Crippen molar-refractivity contribution in [2.45, 2.75) is 19.3 Å². The van der Waals surface area contributed by atoms with Crippen molar-refractivity contribution in [1.29, 1.82) is 0 Å². The van der Waals surface area contributed by atoms with Crippen molar-refractivity contribution in [3.05, 3.63) is 57.5 Å². The van der Waals surface area contributed by atoms with Gasteiger partial charge < -0.3 is 10.4 Å². The van der Waals surface area contributed by atoms with Crippen LogP contribution in [0.2, 0.25) is 0 Å². The second kappa shape index (κ2) is 6.10. The maximum atomic E-state index is 12.4. The van der Waals surface area contributed by atoms with Crippen LogP contribution < -0.4 is 5.32 Å². The lowest BCUT2D eigenvalue weighted by Gasteiger charge is -2.23. The van der Waals surface area contributed by atoms with Crippen molar-refractivity contribution in [3.8, 4) is 11.1 Å². The summed E-state index contributed by atoms with van der Waals surface area (Å²) in [5.41, 5.74) is 3.79. The number of carbonyl (C=O) groups is 2. The van der Waals surface area contributed by atoms with E-state index >= 15 is 0 Å². The molecule has 4 rings (SSSR count). The Labute approximate surface area is 154 Å². The van der Waals surface area contributed by atoms with Gasteiger partial charge in [-0.1, -0.05) is 30.3 Å². The Morgan fingerprint density at radius 3 is 2.69 bits per heavy atom. The number of carboxylic acids is 1. The highest BCUT2D eigenvalue weighted by molar-refractivity contribution is 7.15. The van der Waals surface area contributed by atoms with Crippen molar-refractivity contribution in [3.63, 3.8) is 0 Å². The Hall–Kier alpha value is -2.93. The van der Waals surface area contributed by atoms with Gasteiger partial charge in [-0.05, 0) is 12.5 Å². The molecule has 7 heteroatoms. The number of carbonyl (C=O) groups excluding carboxylic acids is 1. The summed E-state index contributed by atoms with van der Waals surface area (Å²) in [6.07, 6.45) is 2.19. The van der Waals surface area contributed by atoms with Gasteiger partial charge in [0, 0.05) is 41.6 Å². The summed E-state index contributed by atoms with van der Waals surface area (Å²) in [6, 6.07) is 9.32. The van der Waals surface area contributed by atoms with Gasteiger partial charge in [0.2, 0.25) is 5.91 Å². The number of aryl methyl sites for hydroxylation is 2. The van der Waals surface area contributed by atoms with E-state index in [1.165, 1.54) is 11.3 Å². The standard InChI is InChI=1S/C19H17N3O3S/c1-10-13(9-22(2)21-10)12-8-14(23)20-16-15(11-6-4-3-5-7-11)18(19(24)25)26-17(12)16/h3-7,9,12H,8H2,1-2H3,(H,20,23)(H,24,25)/t12-/m1/s1. The molecule has 0 bridgehead atoms. The molecular formula is C19H17N3O3S. The van der Waals surface area contributed by atoms with Crippen LogP contribution in [-0.2, 0) is 11.8 Å². The number of carboxylic acid groups (broad SMARTS) is 1. The quantitative estimate of drug-likeness (QED) is 0.740. The van der Waals surface area contributed by atoms with E-state index in [1.807, 2.05) is 50.5 Å². The first-order valence-corrected chi connectivity index (χ1v) is 9.02. The zero-order chi connectivity index (χ0) is 18.4. The van der Waals surface area contributed by atoms with Gasteiger partial charge in [0.1, 0.15) is 4.88 Å². The van der Waals surface area contributed by atoms with Crippen molar-refractivity contribution in [1.82, 2.24) is 9.78 Å². The van der Waals surface area contributed by atoms with E-state index in [-0.39, 0.29) is 23.1 Å². The van der Waals surface area contributed by atoms with Crippen LogP contribution in [0.1, 0.15) is 38.1 Å². The van der Waals surface area contributed by atoms with Crippen LogP contribution in [0.3, 0.4) is 0 Å². The molecule has 0 aliphatic carbocycles. The van der Waals surface area contributed by atoms with Crippen LogP contribution in [0.5, 0.6) is 0 Å². The number of aromatic carboxylic acids is 1. The zero-order valence-electron chi connectivity index (χ0n) is 14.3. The van der Waals surface area contributed by atoms with Crippen LogP contribution in [0, 0.1) is 6.92 Å². The molecule has 0 radical (unpaired) electrons. The third-order valence-corrected chi connectivity index (χ3v) is 5.88. The highest BCUT2D eigenvalue weighted by atomic mass is 32.1. The number of nitrogens with zero attached hydrogens (tertiary/aromatic N) is 2. The number of nitrogens with one attached hydrogen (secondary N) is 1. The van der Waals surface area contributed by atoms with E-state index in [1.54, 1.807) is 4.68 Å². The number of hydrogen-bond acceptors (Lipinski definition) is 4. The van der Waals surface area contributed by atoms with E-state index in [4.69, 9.17) is 0 Å². The summed E-state index contributed by atoms with van der Waals surface area (Å²) in [5, 5.41) is 17.0. The van der Waals surface area contributed by atoms with Gasteiger partial charge in [-0.15, -0.1) is 11.3 Å². The molecule has 0 fully saturated rings. The normalized spacial score (nSPS) is 16.2. The van der Waals surface area contributed by atoms with Crippen LogP contribution in [0.15, 0.2) is 36.5 Å². The van der Waals surface area contributed by atoms with Gasteiger partial charge >= 0.3 is 5.97 Å². The van der Waals surface area contributed by atoms with Crippen molar-refractivity contribution in [2.24, 2.45) is 7.05 Å². The van der Waals surface area contributed by atoms with E-state index in [0.29, 0.717) is 11.3 Å². The molecule has 1 aliphatic heterocycles. The Morgan fingerprint density at radius 1 is 1.35 bits per heavy atom. The van der Waals surface area contributed by atoms with Crippen LogP contribution >= 0.6 is 11.3 Å². The van der Waals surface area contributed by atoms with E-state index in [9.17, 15) is 14.7 Å². The molecule has 1 atom stereocenters. The van der Waals surface area contributed by atoms with E-state index in [0.717, 1.165) is 21.7 Å². The predicted octanol–water partition coefficient (Wildman–Crippen LogP) is 3.63. The molecule has 0 unspecified atom stereocenters. The fourth-order valence-corrected chi connectivity index (χ4v) is 4.77. The molecule has 1 aromatic carbocycles. The van der Waals surface area contributed by atoms with Crippen molar-refractivity contribution in [2.75, 3.05) is 5.32 Å². The number of thiophene rings is 1. The highest BCUT2D eigenvalue weighted by Gasteiger charge is 2.35. The number of benzene rings is 1. The summed E-state index contributed by atoms with van der Waals surface area (Å²) < 4.78 is 1.72. The van der Waals surface area contributed by atoms with Crippen LogP contribution in [0.25, 0.3) is 11.1 Å². The largest absolute Gasteiger partial charge is 0.477 e. The van der Waals surface area contributed by atoms with Crippen molar-refractivity contribution >= 4 is 28.9 Å². The summed E-state index contributed by atoms with van der Waals surface area (Å²) in [5.74, 6) is -1.29. The molecule has 26 heavy (non-hydrogen) atoms. The number of anilines is 1. The molecule has 0 spiro atoms. The third-order valence-electron chi connectivity index (χ3n) is 4.59. The lowest BCUT2D eigenvalue weighted by atomic mass is 9.89. The molecule has 2 N–H and O–H groups in total. The molecule has 1 aliphatic rings. The third kappa shape index (κ3) is 2.61. The lowest BCUT2D eigenvalue weighted by Crippen LogP contribution is -2.22. The summed E-state index contributed by atoms with van der Waals surface area (Å²) in [4.78, 5) is 25.4. The molecule has 132 valence electrons. The molecule has 2 aromatic heterocycles. The number of amides is 1. The van der Waals surface area contributed by atoms with Crippen LogP contribution in [0.4, 0.5) is 5.69 Å². The first kappa shape index (κ1) is 16.5.